The smallest absolute Gasteiger partial charge is 0.146 e. The molecule has 0 N–H and O–H groups in total. The summed E-state index contributed by atoms with van der Waals surface area (Å²) in [6.45, 7) is 0.263. The third kappa shape index (κ3) is 2.92. The van der Waals surface area contributed by atoms with Crippen LogP contribution >= 0.6 is 22.2 Å². The van der Waals surface area contributed by atoms with Gasteiger partial charge in [-0.05, 0) is 18.5 Å². The van der Waals surface area contributed by atoms with Gasteiger partial charge in [-0.15, -0.1) is 22.2 Å². The first-order chi connectivity index (χ1) is 4.08. The van der Waals surface area contributed by atoms with Crippen molar-refractivity contribution in [1.82, 2.24) is 0 Å². The van der Waals surface area contributed by atoms with Gasteiger partial charge >= 0.3 is 0 Å². The van der Waals surface area contributed by atoms with E-state index in [1.165, 1.54) is 19.3 Å². The second-order valence-corrected chi connectivity index (χ2v) is 11.2. The fraction of sp³-hybridized carbons (Fsp3) is 1.00. The van der Waals surface area contributed by atoms with E-state index >= 15 is 0 Å². The molecule has 0 spiro atoms. The molecule has 0 bridgehead atoms. The van der Waals surface area contributed by atoms with Crippen LogP contribution in [-0.4, -0.2) is 6.69 Å². The highest BCUT2D eigenvalue weighted by molar-refractivity contribution is 7.44. The minimum absolute atomic E-state index is 0.872. The molecular formula is C6H12Cl2Si. The van der Waals surface area contributed by atoms with Crippen LogP contribution < -0.4 is 0 Å². The van der Waals surface area contributed by atoms with Crippen molar-refractivity contribution in [3.63, 3.8) is 0 Å². The SMILES string of the molecule is C[Si](Cl)(Cl)CC1CCC1. The van der Waals surface area contributed by atoms with Crippen LogP contribution in [-0.2, 0) is 0 Å². The molecule has 1 aliphatic carbocycles. The topological polar surface area (TPSA) is 0 Å². The van der Waals surface area contributed by atoms with Gasteiger partial charge in [0.05, 0.1) is 0 Å². The van der Waals surface area contributed by atoms with E-state index in [1.807, 2.05) is 6.55 Å². The Morgan fingerprint density at radius 1 is 1.44 bits per heavy atom. The predicted molar refractivity (Wildman–Crippen MR) is 45.5 cm³/mol. The van der Waals surface area contributed by atoms with Gasteiger partial charge < -0.3 is 0 Å². The van der Waals surface area contributed by atoms with Gasteiger partial charge in [-0.25, -0.2) is 0 Å². The normalized spacial score (nSPS) is 21.7. The Morgan fingerprint density at radius 2 is 2.00 bits per heavy atom. The zero-order chi connectivity index (χ0) is 6.91. The number of rotatable bonds is 2. The molecule has 0 aliphatic heterocycles. The van der Waals surface area contributed by atoms with E-state index < -0.39 is 6.69 Å². The zero-order valence-corrected chi connectivity index (χ0v) is 8.17. The Labute approximate surface area is 67.0 Å². The molecule has 0 radical (unpaired) electrons. The van der Waals surface area contributed by atoms with Crippen molar-refractivity contribution >= 4 is 28.9 Å². The summed E-state index contributed by atoms with van der Waals surface area (Å²) in [6, 6.07) is 1.11. The molecule has 1 aliphatic rings. The summed E-state index contributed by atoms with van der Waals surface area (Å²) in [5.74, 6) is 0.872. The summed E-state index contributed by atoms with van der Waals surface area (Å²) >= 11 is 11.9. The van der Waals surface area contributed by atoms with Gasteiger partial charge in [-0.1, -0.05) is 19.3 Å². The fourth-order valence-electron chi connectivity index (χ4n) is 1.20. The second-order valence-electron chi connectivity index (χ2n) is 3.07. The first kappa shape index (κ1) is 7.90. The Balaban J connectivity index is 2.16. The summed E-state index contributed by atoms with van der Waals surface area (Å²) in [4.78, 5) is 0. The van der Waals surface area contributed by atoms with Gasteiger partial charge in [0.25, 0.3) is 0 Å². The Kier molecular flexibility index (Phi) is 2.47. The number of hydrogen-bond acceptors (Lipinski definition) is 0. The molecule has 0 aromatic rings. The standard InChI is InChI=1S/C6H12Cl2Si/c1-9(7,8)5-6-3-2-4-6/h6H,2-5H2,1H3. The zero-order valence-electron chi connectivity index (χ0n) is 5.66. The molecule has 1 saturated carbocycles. The molecule has 0 nitrogen and oxygen atoms in total. The second kappa shape index (κ2) is 2.81. The molecule has 0 aromatic heterocycles. The molecule has 54 valence electrons. The third-order valence-corrected chi connectivity index (χ3v) is 4.09. The molecule has 0 aromatic carbocycles. The van der Waals surface area contributed by atoms with Crippen LogP contribution in [0.15, 0.2) is 0 Å². The summed E-state index contributed by atoms with van der Waals surface area (Å²) in [6.07, 6.45) is 4.12. The van der Waals surface area contributed by atoms with E-state index in [1.54, 1.807) is 0 Å². The molecule has 0 amide bonds. The van der Waals surface area contributed by atoms with E-state index in [0.29, 0.717) is 0 Å². The van der Waals surface area contributed by atoms with Crippen molar-refractivity contribution in [2.75, 3.05) is 0 Å². The van der Waals surface area contributed by atoms with Gasteiger partial charge in [0.2, 0.25) is 6.69 Å². The van der Waals surface area contributed by atoms with Crippen LogP contribution in [0, 0.1) is 5.92 Å². The molecule has 0 unspecified atom stereocenters. The lowest BCUT2D eigenvalue weighted by Crippen LogP contribution is -2.22. The molecule has 0 saturated heterocycles. The number of halogens is 2. The van der Waals surface area contributed by atoms with Crippen molar-refractivity contribution in [3.8, 4) is 0 Å². The van der Waals surface area contributed by atoms with Gasteiger partial charge in [0.1, 0.15) is 0 Å². The summed E-state index contributed by atoms with van der Waals surface area (Å²) in [5.41, 5.74) is 0. The maximum atomic E-state index is 5.94. The molecule has 9 heavy (non-hydrogen) atoms. The predicted octanol–water partition coefficient (Wildman–Crippen LogP) is 3.34. The van der Waals surface area contributed by atoms with Gasteiger partial charge in [0.15, 0.2) is 0 Å². The highest BCUT2D eigenvalue weighted by atomic mass is 35.7. The maximum absolute atomic E-state index is 5.94. The lowest BCUT2D eigenvalue weighted by molar-refractivity contribution is 0.344. The minimum atomic E-state index is -1.75. The van der Waals surface area contributed by atoms with Gasteiger partial charge in [0, 0.05) is 0 Å². The quantitative estimate of drug-likeness (QED) is 0.455. The molecular weight excluding hydrogens is 171 g/mol. The monoisotopic (exact) mass is 182 g/mol. The van der Waals surface area contributed by atoms with Crippen molar-refractivity contribution in [3.05, 3.63) is 0 Å². The van der Waals surface area contributed by atoms with Crippen LogP contribution in [0.2, 0.25) is 12.6 Å². The highest BCUT2D eigenvalue weighted by Crippen LogP contribution is 2.36. The minimum Gasteiger partial charge on any atom is -0.146 e. The van der Waals surface area contributed by atoms with E-state index in [4.69, 9.17) is 22.2 Å². The largest absolute Gasteiger partial charge is 0.248 e. The van der Waals surface area contributed by atoms with Crippen LogP contribution in [0.3, 0.4) is 0 Å². The highest BCUT2D eigenvalue weighted by Gasteiger charge is 2.29. The van der Waals surface area contributed by atoms with Crippen LogP contribution in [0.5, 0.6) is 0 Å². The van der Waals surface area contributed by atoms with E-state index in [0.717, 1.165) is 12.0 Å². The molecule has 0 atom stereocenters. The Morgan fingerprint density at radius 3 is 2.11 bits per heavy atom. The van der Waals surface area contributed by atoms with Crippen LogP contribution in [0.1, 0.15) is 19.3 Å². The van der Waals surface area contributed by atoms with E-state index in [9.17, 15) is 0 Å². The van der Waals surface area contributed by atoms with Crippen LogP contribution in [0.25, 0.3) is 0 Å². The average Bonchev–Trinajstić information content (AvgIpc) is 1.53. The summed E-state index contributed by atoms with van der Waals surface area (Å²) < 4.78 is 0. The van der Waals surface area contributed by atoms with Crippen molar-refractivity contribution in [2.24, 2.45) is 5.92 Å². The van der Waals surface area contributed by atoms with Gasteiger partial charge in [-0.2, -0.15) is 0 Å². The van der Waals surface area contributed by atoms with E-state index in [-0.39, 0.29) is 0 Å². The first-order valence-corrected chi connectivity index (χ1v) is 8.19. The van der Waals surface area contributed by atoms with Gasteiger partial charge in [-0.3, -0.25) is 0 Å². The molecule has 0 heterocycles. The van der Waals surface area contributed by atoms with Crippen molar-refractivity contribution < 1.29 is 0 Å². The van der Waals surface area contributed by atoms with E-state index in [2.05, 4.69) is 0 Å². The molecule has 1 rings (SSSR count). The summed E-state index contributed by atoms with van der Waals surface area (Å²) in [5, 5.41) is 0. The average molecular weight is 183 g/mol. The third-order valence-electron chi connectivity index (χ3n) is 1.87. The summed E-state index contributed by atoms with van der Waals surface area (Å²) in [7, 11) is 0. The fourth-order valence-corrected chi connectivity index (χ4v) is 3.94. The molecule has 1 fully saturated rings. The molecule has 3 heteroatoms. The van der Waals surface area contributed by atoms with Crippen LogP contribution in [0.4, 0.5) is 0 Å². The Hall–Kier alpha value is 0.797. The number of hydrogen-bond donors (Lipinski definition) is 0. The Bertz CT molecular complexity index is 93.7. The van der Waals surface area contributed by atoms with Crippen molar-refractivity contribution in [1.29, 1.82) is 0 Å². The lowest BCUT2D eigenvalue weighted by atomic mass is 9.87. The first-order valence-electron chi connectivity index (χ1n) is 3.46. The lowest BCUT2D eigenvalue weighted by Gasteiger charge is -2.28. The van der Waals surface area contributed by atoms with Crippen molar-refractivity contribution in [2.45, 2.75) is 31.9 Å². The maximum Gasteiger partial charge on any atom is 0.248 e.